The normalized spacial score (nSPS) is 17.8. The molecule has 2 fully saturated rings. The van der Waals surface area contributed by atoms with Crippen LogP contribution in [0.2, 0.25) is 0 Å². The van der Waals surface area contributed by atoms with Gasteiger partial charge in [0.05, 0.1) is 18.8 Å². The molecule has 3 rings (SSSR count). The Morgan fingerprint density at radius 3 is 2.53 bits per heavy atom. The van der Waals surface area contributed by atoms with E-state index in [1.54, 1.807) is 6.07 Å². The van der Waals surface area contributed by atoms with Crippen LogP contribution < -0.4 is 20.9 Å². The van der Waals surface area contributed by atoms with Crippen molar-refractivity contribution in [3.05, 3.63) is 23.8 Å². The molecule has 8 nitrogen and oxygen atoms in total. The fourth-order valence-corrected chi connectivity index (χ4v) is 4.12. The SMILES string of the molecule is CCCCNC(=O)Nc1ccc(N2CCC(C)CC2)c(C(=O)NCCN2CCOCC2)c1. The third-order valence-corrected chi connectivity index (χ3v) is 6.26. The van der Waals surface area contributed by atoms with Crippen molar-refractivity contribution < 1.29 is 14.3 Å². The van der Waals surface area contributed by atoms with Crippen LogP contribution in [0.15, 0.2) is 18.2 Å². The molecule has 0 atom stereocenters. The number of carbonyl (C=O) groups is 2. The molecule has 0 aliphatic carbocycles. The van der Waals surface area contributed by atoms with E-state index in [2.05, 4.69) is 39.6 Å². The molecule has 0 radical (unpaired) electrons. The highest BCUT2D eigenvalue weighted by molar-refractivity contribution is 6.02. The number of piperidine rings is 1. The molecule has 3 amide bonds. The van der Waals surface area contributed by atoms with Crippen LogP contribution in [0.5, 0.6) is 0 Å². The molecule has 0 bridgehead atoms. The van der Waals surface area contributed by atoms with Crippen molar-refractivity contribution in [1.29, 1.82) is 0 Å². The van der Waals surface area contributed by atoms with Crippen molar-refractivity contribution >= 4 is 23.3 Å². The molecule has 1 aromatic rings. The molecular formula is C24H39N5O3. The first-order valence-electron chi connectivity index (χ1n) is 12.1. The predicted molar refractivity (Wildman–Crippen MR) is 129 cm³/mol. The average molecular weight is 446 g/mol. The summed E-state index contributed by atoms with van der Waals surface area (Å²) < 4.78 is 5.39. The Balaban J connectivity index is 1.67. The van der Waals surface area contributed by atoms with Crippen LogP contribution in [-0.2, 0) is 4.74 Å². The van der Waals surface area contributed by atoms with E-state index in [0.717, 1.165) is 77.3 Å². The lowest BCUT2D eigenvalue weighted by atomic mass is 9.98. The summed E-state index contributed by atoms with van der Waals surface area (Å²) in [4.78, 5) is 29.9. The van der Waals surface area contributed by atoms with Gasteiger partial charge in [-0.3, -0.25) is 9.69 Å². The fourth-order valence-electron chi connectivity index (χ4n) is 4.12. The van der Waals surface area contributed by atoms with Gasteiger partial charge in [-0.25, -0.2) is 4.79 Å². The average Bonchev–Trinajstić information content (AvgIpc) is 2.80. The summed E-state index contributed by atoms with van der Waals surface area (Å²) in [5.74, 6) is 0.617. The van der Waals surface area contributed by atoms with Crippen molar-refractivity contribution in [2.24, 2.45) is 5.92 Å². The first-order chi connectivity index (χ1) is 15.6. The maximum absolute atomic E-state index is 13.2. The van der Waals surface area contributed by atoms with Crippen LogP contribution in [-0.4, -0.2) is 75.9 Å². The molecule has 2 aliphatic heterocycles. The van der Waals surface area contributed by atoms with E-state index < -0.39 is 0 Å². The number of nitrogens with zero attached hydrogens (tertiary/aromatic N) is 2. The van der Waals surface area contributed by atoms with Gasteiger partial charge in [0.2, 0.25) is 0 Å². The Labute approximate surface area is 192 Å². The van der Waals surface area contributed by atoms with E-state index in [9.17, 15) is 9.59 Å². The van der Waals surface area contributed by atoms with E-state index in [1.165, 1.54) is 0 Å². The molecule has 1 aromatic carbocycles. The third kappa shape index (κ3) is 7.38. The molecule has 2 saturated heterocycles. The molecule has 2 heterocycles. The molecule has 0 spiro atoms. The largest absolute Gasteiger partial charge is 0.379 e. The topological polar surface area (TPSA) is 85.9 Å². The van der Waals surface area contributed by atoms with E-state index in [0.29, 0.717) is 30.3 Å². The lowest BCUT2D eigenvalue weighted by Gasteiger charge is -2.33. The summed E-state index contributed by atoms with van der Waals surface area (Å²) >= 11 is 0. The van der Waals surface area contributed by atoms with Gasteiger partial charge in [0, 0.05) is 57.2 Å². The van der Waals surface area contributed by atoms with Gasteiger partial charge in [-0.15, -0.1) is 0 Å². The van der Waals surface area contributed by atoms with E-state index in [1.807, 2.05) is 12.1 Å². The van der Waals surface area contributed by atoms with E-state index in [4.69, 9.17) is 4.74 Å². The molecule has 0 saturated carbocycles. The quantitative estimate of drug-likeness (QED) is 0.509. The monoisotopic (exact) mass is 445 g/mol. The minimum absolute atomic E-state index is 0.0954. The standard InChI is InChI=1S/C24H39N5O3/c1-3-4-9-26-24(31)27-20-5-6-22(29-11-7-19(2)8-12-29)21(18-20)23(30)25-10-13-28-14-16-32-17-15-28/h5-6,18-19H,3-4,7-17H2,1-2H3,(H,25,30)(H2,26,27,31). The lowest BCUT2D eigenvalue weighted by Crippen LogP contribution is -2.41. The van der Waals surface area contributed by atoms with Crippen molar-refractivity contribution in [2.75, 3.05) is 69.2 Å². The number of hydrogen-bond donors (Lipinski definition) is 3. The highest BCUT2D eigenvalue weighted by Gasteiger charge is 2.22. The highest BCUT2D eigenvalue weighted by atomic mass is 16.5. The molecule has 0 aromatic heterocycles. The number of morpholine rings is 1. The molecular weight excluding hydrogens is 406 g/mol. The predicted octanol–water partition coefficient (Wildman–Crippen LogP) is 2.91. The second-order valence-electron chi connectivity index (χ2n) is 8.85. The zero-order valence-electron chi connectivity index (χ0n) is 19.6. The molecule has 32 heavy (non-hydrogen) atoms. The van der Waals surface area contributed by atoms with Crippen molar-refractivity contribution in [3.63, 3.8) is 0 Å². The van der Waals surface area contributed by atoms with Crippen LogP contribution in [0, 0.1) is 5.92 Å². The summed E-state index contributed by atoms with van der Waals surface area (Å²) in [6.45, 7) is 11.6. The Morgan fingerprint density at radius 1 is 1.06 bits per heavy atom. The number of nitrogens with one attached hydrogen (secondary N) is 3. The number of amides is 3. The van der Waals surface area contributed by atoms with Crippen molar-refractivity contribution in [1.82, 2.24) is 15.5 Å². The number of rotatable bonds is 9. The Morgan fingerprint density at radius 2 is 1.81 bits per heavy atom. The number of unbranched alkanes of at least 4 members (excludes halogenated alkanes) is 1. The summed E-state index contributed by atoms with van der Waals surface area (Å²) in [5.41, 5.74) is 2.19. The molecule has 0 unspecified atom stereocenters. The molecule has 2 aliphatic rings. The van der Waals surface area contributed by atoms with Crippen LogP contribution in [0.1, 0.15) is 49.9 Å². The Hall–Kier alpha value is -2.32. The van der Waals surface area contributed by atoms with Crippen LogP contribution in [0.25, 0.3) is 0 Å². The fraction of sp³-hybridized carbons (Fsp3) is 0.667. The van der Waals surface area contributed by atoms with Gasteiger partial charge in [-0.1, -0.05) is 20.3 Å². The number of benzene rings is 1. The van der Waals surface area contributed by atoms with E-state index in [-0.39, 0.29) is 11.9 Å². The van der Waals surface area contributed by atoms with Crippen LogP contribution in [0.4, 0.5) is 16.2 Å². The van der Waals surface area contributed by atoms with Gasteiger partial charge in [-0.2, -0.15) is 0 Å². The highest BCUT2D eigenvalue weighted by Crippen LogP contribution is 2.28. The number of urea groups is 1. The van der Waals surface area contributed by atoms with Gasteiger partial charge >= 0.3 is 6.03 Å². The van der Waals surface area contributed by atoms with E-state index >= 15 is 0 Å². The Bertz CT molecular complexity index is 743. The second-order valence-corrected chi connectivity index (χ2v) is 8.85. The summed E-state index contributed by atoms with van der Waals surface area (Å²) in [6.07, 6.45) is 4.21. The van der Waals surface area contributed by atoms with Crippen LogP contribution in [0.3, 0.4) is 0 Å². The number of hydrogen-bond acceptors (Lipinski definition) is 5. The van der Waals surface area contributed by atoms with Gasteiger partial charge < -0.3 is 25.6 Å². The molecule has 3 N–H and O–H groups in total. The first kappa shape index (κ1) is 24.3. The van der Waals surface area contributed by atoms with Gasteiger partial charge in [0.15, 0.2) is 0 Å². The summed E-state index contributed by atoms with van der Waals surface area (Å²) in [7, 11) is 0. The van der Waals surface area contributed by atoms with Gasteiger partial charge in [0.1, 0.15) is 0 Å². The summed E-state index contributed by atoms with van der Waals surface area (Å²) in [5, 5.41) is 8.81. The number of ether oxygens (including phenoxy) is 1. The first-order valence-corrected chi connectivity index (χ1v) is 12.1. The maximum Gasteiger partial charge on any atom is 0.319 e. The second kappa shape index (κ2) is 12.6. The lowest BCUT2D eigenvalue weighted by molar-refractivity contribution is 0.0383. The number of anilines is 2. The zero-order valence-corrected chi connectivity index (χ0v) is 19.6. The van der Waals surface area contributed by atoms with Crippen molar-refractivity contribution in [3.8, 4) is 0 Å². The van der Waals surface area contributed by atoms with Crippen LogP contribution >= 0.6 is 0 Å². The Kier molecular flexibility index (Phi) is 9.62. The minimum Gasteiger partial charge on any atom is -0.379 e. The van der Waals surface area contributed by atoms with Crippen molar-refractivity contribution in [2.45, 2.75) is 39.5 Å². The van der Waals surface area contributed by atoms with Gasteiger partial charge in [0.25, 0.3) is 5.91 Å². The zero-order chi connectivity index (χ0) is 22.8. The smallest absolute Gasteiger partial charge is 0.319 e. The minimum atomic E-state index is -0.239. The molecule has 178 valence electrons. The number of carbonyl (C=O) groups excluding carboxylic acids is 2. The third-order valence-electron chi connectivity index (χ3n) is 6.26. The van der Waals surface area contributed by atoms with Gasteiger partial charge in [-0.05, 0) is 43.4 Å². The summed E-state index contributed by atoms with van der Waals surface area (Å²) in [6, 6.07) is 5.42. The maximum atomic E-state index is 13.2. The molecule has 8 heteroatoms.